The molecule has 0 aliphatic carbocycles. The summed E-state index contributed by atoms with van der Waals surface area (Å²) in [5, 5.41) is 16.3. The first-order valence-electron chi connectivity index (χ1n) is 8.02. The zero-order valence-electron chi connectivity index (χ0n) is 14.5. The van der Waals surface area contributed by atoms with Crippen LogP contribution in [0.2, 0.25) is 5.02 Å². The molecule has 0 aliphatic heterocycles. The maximum atomic E-state index is 12.6. The van der Waals surface area contributed by atoms with Crippen LogP contribution in [-0.4, -0.2) is 34.8 Å². The van der Waals surface area contributed by atoms with Crippen molar-refractivity contribution in [2.45, 2.75) is 12.5 Å². The number of amides is 2. The van der Waals surface area contributed by atoms with Crippen LogP contribution in [0.15, 0.2) is 48.5 Å². The molecule has 2 N–H and O–H groups in total. The summed E-state index contributed by atoms with van der Waals surface area (Å²) in [6.45, 7) is 0. The van der Waals surface area contributed by atoms with Crippen molar-refractivity contribution in [3.05, 3.63) is 69.2 Å². The number of nitro groups is 1. The predicted molar refractivity (Wildman–Crippen MR) is 107 cm³/mol. The number of rotatable bonds is 8. The number of carbonyl (C=O) groups is 2. The summed E-state index contributed by atoms with van der Waals surface area (Å²) in [7, 11) is 0. The Kier molecular flexibility index (Phi) is 7.63. The van der Waals surface area contributed by atoms with Crippen LogP contribution < -0.4 is 10.6 Å². The Balaban J connectivity index is 2.15. The zero-order valence-corrected chi connectivity index (χ0v) is 16.0. The van der Waals surface area contributed by atoms with E-state index in [0.717, 1.165) is 6.07 Å². The molecule has 0 saturated heterocycles. The Morgan fingerprint density at radius 2 is 1.93 bits per heavy atom. The van der Waals surface area contributed by atoms with E-state index in [1.54, 1.807) is 36.0 Å². The summed E-state index contributed by atoms with van der Waals surface area (Å²) in [5.74, 6) is -0.273. The topological polar surface area (TPSA) is 101 Å². The Morgan fingerprint density at radius 1 is 1.22 bits per heavy atom. The SMILES string of the molecule is CSCC[C@@H](NC(=O)c1ccc(Cl)c([N+](=O)[O-])c1)C(=O)Nc1ccccc1. The van der Waals surface area contributed by atoms with Crippen LogP contribution in [0.5, 0.6) is 0 Å². The second kappa shape index (κ2) is 9.94. The van der Waals surface area contributed by atoms with E-state index < -0.39 is 16.9 Å². The van der Waals surface area contributed by atoms with E-state index in [9.17, 15) is 19.7 Å². The number of hydrogen-bond acceptors (Lipinski definition) is 5. The van der Waals surface area contributed by atoms with E-state index >= 15 is 0 Å². The first kappa shape index (κ1) is 20.7. The Hall–Kier alpha value is -2.58. The van der Waals surface area contributed by atoms with Crippen molar-refractivity contribution in [1.82, 2.24) is 5.32 Å². The van der Waals surface area contributed by atoms with Gasteiger partial charge in [0.25, 0.3) is 11.6 Å². The quantitative estimate of drug-likeness (QED) is 0.512. The maximum absolute atomic E-state index is 12.6. The molecule has 7 nitrogen and oxygen atoms in total. The lowest BCUT2D eigenvalue weighted by Crippen LogP contribution is -2.44. The smallest absolute Gasteiger partial charge is 0.288 e. The van der Waals surface area contributed by atoms with Gasteiger partial charge in [0, 0.05) is 17.3 Å². The van der Waals surface area contributed by atoms with Gasteiger partial charge >= 0.3 is 0 Å². The second-order valence-corrected chi connectivity index (χ2v) is 6.98. The number of para-hydroxylation sites is 1. The molecule has 0 aliphatic rings. The van der Waals surface area contributed by atoms with Crippen LogP contribution in [-0.2, 0) is 4.79 Å². The van der Waals surface area contributed by atoms with Gasteiger partial charge in [-0.1, -0.05) is 29.8 Å². The highest BCUT2D eigenvalue weighted by Crippen LogP contribution is 2.25. The van der Waals surface area contributed by atoms with Crippen molar-refractivity contribution in [2.24, 2.45) is 0 Å². The molecule has 2 rings (SSSR count). The molecule has 0 fully saturated rings. The van der Waals surface area contributed by atoms with Crippen molar-refractivity contribution in [1.29, 1.82) is 0 Å². The van der Waals surface area contributed by atoms with Crippen molar-refractivity contribution in [2.75, 3.05) is 17.3 Å². The van der Waals surface area contributed by atoms with Gasteiger partial charge < -0.3 is 10.6 Å². The molecule has 0 unspecified atom stereocenters. The van der Waals surface area contributed by atoms with Gasteiger partial charge in [-0.05, 0) is 42.7 Å². The van der Waals surface area contributed by atoms with Crippen LogP contribution in [0.3, 0.4) is 0 Å². The van der Waals surface area contributed by atoms with Crippen molar-refractivity contribution < 1.29 is 14.5 Å². The number of benzene rings is 2. The largest absolute Gasteiger partial charge is 0.340 e. The summed E-state index contributed by atoms with van der Waals surface area (Å²) in [6.07, 6.45) is 2.32. The molecule has 2 aromatic carbocycles. The average molecular weight is 408 g/mol. The third-order valence-electron chi connectivity index (χ3n) is 3.68. The van der Waals surface area contributed by atoms with Gasteiger partial charge in [-0.15, -0.1) is 0 Å². The van der Waals surface area contributed by atoms with E-state index in [1.165, 1.54) is 12.1 Å². The van der Waals surface area contributed by atoms with E-state index in [1.807, 2.05) is 12.3 Å². The molecule has 9 heteroatoms. The number of thioether (sulfide) groups is 1. The number of carbonyl (C=O) groups excluding carboxylic acids is 2. The highest BCUT2D eigenvalue weighted by Gasteiger charge is 2.23. The molecule has 0 spiro atoms. The van der Waals surface area contributed by atoms with Crippen LogP contribution in [0, 0.1) is 10.1 Å². The number of halogens is 1. The fourth-order valence-corrected chi connectivity index (χ4v) is 2.95. The lowest BCUT2D eigenvalue weighted by atomic mass is 10.1. The monoisotopic (exact) mass is 407 g/mol. The van der Waals surface area contributed by atoms with Crippen LogP contribution in [0.25, 0.3) is 0 Å². The summed E-state index contributed by atoms with van der Waals surface area (Å²) in [6, 6.07) is 11.9. The van der Waals surface area contributed by atoms with E-state index in [-0.39, 0.29) is 22.2 Å². The van der Waals surface area contributed by atoms with Crippen molar-refractivity contribution >= 4 is 46.6 Å². The second-order valence-electron chi connectivity index (χ2n) is 5.59. The van der Waals surface area contributed by atoms with Crippen LogP contribution in [0.1, 0.15) is 16.8 Å². The van der Waals surface area contributed by atoms with Gasteiger partial charge in [0.2, 0.25) is 5.91 Å². The molecule has 0 aromatic heterocycles. The first-order valence-corrected chi connectivity index (χ1v) is 9.79. The summed E-state index contributed by atoms with van der Waals surface area (Å²) < 4.78 is 0. The average Bonchev–Trinajstić information content (AvgIpc) is 2.65. The van der Waals surface area contributed by atoms with Crippen molar-refractivity contribution in [3.63, 3.8) is 0 Å². The van der Waals surface area contributed by atoms with Gasteiger partial charge in [0.15, 0.2) is 0 Å². The maximum Gasteiger partial charge on any atom is 0.288 e. The minimum Gasteiger partial charge on any atom is -0.340 e. The number of nitrogens with one attached hydrogen (secondary N) is 2. The van der Waals surface area contributed by atoms with Crippen molar-refractivity contribution in [3.8, 4) is 0 Å². The molecule has 0 saturated carbocycles. The van der Waals surface area contributed by atoms with E-state index in [2.05, 4.69) is 10.6 Å². The molecule has 2 amide bonds. The lowest BCUT2D eigenvalue weighted by Gasteiger charge is -2.18. The Labute approximate surface area is 165 Å². The fourth-order valence-electron chi connectivity index (χ4n) is 2.29. The Morgan fingerprint density at radius 3 is 2.56 bits per heavy atom. The van der Waals surface area contributed by atoms with Crippen LogP contribution >= 0.6 is 23.4 Å². The van der Waals surface area contributed by atoms with E-state index in [0.29, 0.717) is 17.9 Å². The summed E-state index contributed by atoms with van der Waals surface area (Å²) >= 11 is 7.32. The number of anilines is 1. The molecule has 0 heterocycles. The minimum atomic E-state index is -0.778. The number of nitro benzene ring substituents is 1. The number of hydrogen-bond donors (Lipinski definition) is 2. The zero-order chi connectivity index (χ0) is 19.8. The molecule has 1 atom stereocenters. The molecule has 27 heavy (non-hydrogen) atoms. The minimum absolute atomic E-state index is 0.0581. The molecule has 2 aromatic rings. The fraction of sp³-hybridized carbons (Fsp3) is 0.222. The van der Waals surface area contributed by atoms with Crippen LogP contribution in [0.4, 0.5) is 11.4 Å². The van der Waals surface area contributed by atoms with Gasteiger partial charge in [-0.3, -0.25) is 19.7 Å². The standard InChI is InChI=1S/C18H18ClN3O4S/c1-27-10-9-15(18(24)20-13-5-3-2-4-6-13)21-17(23)12-7-8-14(19)16(11-12)22(25)26/h2-8,11,15H,9-10H2,1H3,(H,20,24)(H,21,23)/t15-/m1/s1. The van der Waals surface area contributed by atoms with Gasteiger partial charge in [-0.25, -0.2) is 0 Å². The third kappa shape index (κ3) is 5.97. The van der Waals surface area contributed by atoms with Gasteiger partial charge in [0.1, 0.15) is 11.1 Å². The highest BCUT2D eigenvalue weighted by atomic mass is 35.5. The molecule has 142 valence electrons. The molecule has 0 radical (unpaired) electrons. The highest BCUT2D eigenvalue weighted by molar-refractivity contribution is 7.98. The van der Waals surface area contributed by atoms with Gasteiger partial charge in [0.05, 0.1) is 4.92 Å². The summed E-state index contributed by atoms with van der Waals surface area (Å²) in [5.41, 5.74) is 0.319. The summed E-state index contributed by atoms with van der Waals surface area (Å²) in [4.78, 5) is 35.4. The lowest BCUT2D eigenvalue weighted by molar-refractivity contribution is -0.384. The number of nitrogens with zero attached hydrogens (tertiary/aromatic N) is 1. The molecular weight excluding hydrogens is 390 g/mol. The Bertz CT molecular complexity index is 833. The molecule has 0 bridgehead atoms. The first-order chi connectivity index (χ1) is 12.9. The predicted octanol–water partition coefficient (Wildman–Crippen LogP) is 3.74. The third-order valence-corrected chi connectivity index (χ3v) is 4.64. The van der Waals surface area contributed by atoms with E-state index in [4.69, 9.17) is 11.6 Å². The normalized spacial score (nSPS) is 11.5. The molecular formula is C18H18ClN3O4S. The van der Waals surface area contributed by atoms with Gasteiger partial charge in [-0.2, -0.15) is 11.8 Å².